The van der Waals surface area contributed by atoms with Crippen LogP contribution in [0.25, 0.3) is 0 Å². The van der Waals surface area contributed by atoms with Crippen molar-refractivity contribution in [1.29, 1.82) is 0 Å². The molecule has 1 rings (SSSR count). The molecule has 1 aliphatic carbocycles. The quantitative estimate of drug-likeness (QED) is 0.716. The third-order valence-electron chi connectivity index (χ3n) is 4.45. The molecule has 0 radical (unpaired) electrons. The normalized spacial score (nSPS) is 26.2. The van der Waals surface area contributed by atoms with Crippen LogP contribution in [0.15, 0.2) is 0 Å². The minimum Gasteiger partial charge on any atom is -0.481 e. The number of aliphatic carboxylic acids is 1. The molecule has 0 amide bonds. The molecule has 21 heavy (non-hydrogen) atoms. The second-order valence-corrected chi connectivity index (χ2v) is 8.88. The Labute approximate surface area is 128 Å². The van der Waals surface area contributed by atoms with E-state index in [1.807, 2.05) is 0 Å². The molecule has 6 heteroatoms. The lowest BCUT2D eigenvalue weighted by Crippen LogP contribution is -2.42. The zero-order valence-electron chi connectivity index (χ0n) is 13.3. The maximum absolute atomic E-state index is 11.6. The minimum atomic E-state index is -2.94. The van der Waals surface area contributed by atoms with Gasteiger partial charge in [-0.05, 0) is 39.0 Å². The van der Waals surface area contributed by atoms with Gasteiger partial charge in [-0.2, -0.15) is 0 Å². The van der Waals surface area contributed by atoms with Crippen molar-refractivity contribution in [2.24, 2.45) is 5.92 Å². The fraction of sp³-hybridized carbons (Fsp3) is 0.933. The van der Waals surface area contributed by atoms with Gasteiger partial charge in [-0.1, -0.05) is 19.8 Å². The van der Waals surface area contributed by atoms with E-state index in [2.05, 4.69) is 12.2 Å². The van der Waals surface area contributed by atoms with E-state index in [1.54, 1.807) is 6.92 Å². The molecule has 1 aliphatic rings. The van der Waals surface area contributed by atoms with Crippen LogP contribution >= 0.6 is 0 Å². The first-order valence-electron chi connectivity index (χ1n) is 7.88. The van der Waals surface area contributed by atoms with Gasteiger partial charge in [0, 0.05) is 18.3 Å². The number of rotatable bonds is 8. The van der Waals surface area contributed by atoms with Crippen LogP contribution in [0.4, 0.5) is 0 Å². The lowest BCUT2D eigenvalue weighted by atomic mass is 9.93. The molecule has 1 fully saturated rings. The van der Waals surface area contributed by atoms with Crippen LogP contribution in [0.2, 0.25) is 0 Å². The van der Waals surface area contributed by atoms with Gasteiger partial charge in [-0.25, -0.2) is 8.42 Å². The summed E-state index contributed by atoms with van der Waals surface area (Å²) in [5.74, 6) is -1.03. The topological polar surface area (TPSA) is 83.5 Å². The highest BCUT2D eigenvalue weighted by molar-refractivity contribution is 7.91. The summed E-state index contributed by atoms with van der Waals surface area (Å²) in [6.45, 7) is 3.83. The molecule has 5 nitrogen and oxygen atoms in total. The summed E-state index contributed by atoms with van der Waals surface area (Å²) in [4.78, 5) is 10.7. The highest BCUT2D eigenvalue weighted by Gasteiger charge is 2.29. The van der Waals surface area contributed by atoms with Gasteiger partial charge in [0.25, 0.3) is 0 Å². The fourth-order valence-corrected chi connectivity index (χ4v) is 4.20. The Morgan fingerprint density at radius 3 is 2.52 bits per heavy atom. The Bertz CT molecular complexity index is 435. The van der Waals surface area contributed by atoms with Crippen LogP contribution in [0.5, 0.6) is 0 Å². The summed E-state index contributed by atoms with van der Waals surface area (Å²) >= 11 is 0. The van der Waals surface area contributed by atoms with E-state index in [9.17, 15) is 13.2 Å². The van der Waals surface area contributed by atoms with Crippen LogP contribution in [-0.4, -0.2) is 43.1 Å². The third kappa shape index (κ3) is 6.78. The van der Waals surface area contributed by atoms with Crippen LogP contribution in [0.1, 0.15) is 58.8 Å². The zero-order valence-corrected chi connectivity index (χ0v) is 14.2. The van der Waals surface area contributed by atoms with E-state index in [0.29, 0.717) is 18.9 Å². The van der Waals surface area contributed by atoms with E-state index in [-0.39, 0.29) is 17.2 Å². The van der Waals surface area contributed by atoms with Crippen molar-refractivity contribution < 1.29 is 18.3 Å². The fourth-order valence-electron chi connectivity index (χ4n) is 3.02. The van der Waals surface area contributed by atoms with Crippen LogP contribution in [0.3, 0.4) is 0 Å². The molecule has 0 aliphatic heterocycles. The van der Waals surface area contributed by atoms with Crippen molar-refractivity contribution in [3.63, 3.8) is 0 Å². The third-order valence-corrected chi connectivity index (χ3v) is 6.09. The standard InChI is InChI=1S/C15H29NO4S/c1-11(15(17)18)6-4-7-12(2)16-13-8-5-9-14(10-13)21(3,19)20/h11-14,16H,4-10H2,1-3H3,(H,17,18). The van der Waals surface area contributed by atoms with Gasteiger partial charge in [0.15, 0.2) is 0 Å². The number of nitrogens with one attached hydrogen (secondary N) is 1. The van der Waals surface area contributed by atoms with Gasteiger partial charge in [-0.3, -0.25) is 4.79 Å². The molecule has 0 aromatic carbocycles. The second kappa shape index (κ2) is 8.13. The summed E-state index contributed by atoms with van der Waals surface area (Å²) in [6.07, 6.45) is 7.30. The highest BCUT2D eigenvalue weighted by Crippen LogP contribution is 2.24. The summed E-state index contributed by atoms with van der Waals surface area (Å²) in [6, 6.07) is 0.569. The number of carboxylic acids is 1. The number of hydrogen-bond donors (Lipinski definition) is 2. The number of carboxylic acid groups (broad SMARTS) is 1. The first-order chi connectivity index (χ1) is 9.70. The minimum absolute atomic E-state index is 0.206. The smallest absolute Gasteiger partial charge is 0.306 e. The average molecular weight is 319 g/mol. The van der Waals surface area contributed by atoms with Crippen molar-refractivity contribution >= 4 is 15.8 Å². The molecule has 2 N–H and O–H groups in total. The van der Waals surface area contributed by atoms with Gasteiger partial charge in [-0.15, -0.1) is 0 Å². The lowest BCUT2D eigenvalue weighted by Gasteiger charge is -2.31. The predicted molar refractivity (Wildman–Crippen MR) is 84.1 cm³/mol. The lowest BCUT2D eigenvalue weighted by molar-refractivity contribution is -0.141. The molecule has 0 bridgehead atoms. The Morgan fingerprint density at radius 1 is 1.29 bits per heavy atom. The molecule has 124 valence electrons. The Morgan fingerprint density at radius 2 is 1.95 bits per heavy atom. The molecule has 0 aromatic heterocycles. The Kier molecular flexibility index (Phi) is 7.13. The van der Waals surface area contributed by atoms with E-state index in [0.717, 1.165) is 32.1 Å². The van der Waals surface area contributed by atoms with Gasteiger partial charge < -0.3 is 10.4 Å². The molecule has 1 saturated carbocycles. The summed E-state index contributed by atoms with van der Waals surface area (Å²) in [5, 5.41) is 12.1. The Hall–Kier alpha value is -0.620. The summed E-state index contributed by atoms with van der Waals surface area (Å²) in [5.41, 5.74) is 0. The van der Waals surface area contributed by atoms with E-state index >= 15 is 0 Å². The van der Waals surface area contributed by atoms with Gasteiger partial charge in [0.2, 0.25) is 0 Å². The maximum Gasteiger partial charge on any atom is 0.306 e. The largest absolute Gasteiger partial charge is 0.481 e. The molecule has 4 atom stereocenters. The van der Waals surface area contributed by atoms with Crippen LogP contribution in [0, 0.1) is 5.92 Å². The van der Waals surface area contributed by atoms with Crippen molar-refractivity contribution in [1.82, 2.24) is 5.32 Å². The molecule has 0 heterocycles. The number of sulfone groups is 1. The maximum atomic E-state index is 11.6. The molecule has 0 aromatic rings. The average Bonchev–Trinajstić information content (AvgIpc) is 2.37. The molecular formula is C15H29NO4S. The zero-order chi connectivity index (χ0) is 16.0. The van der Waals surface area contributed by atoms with Crippen molar-refractivity contribution in [2.45, 2.75) is 76.1 Å². The van der Waals surface area contributed by atoms with E-state index < -0.39 is 15.8 Å². The van der Waals surface area contributed by atoms with E-state index in [1.165, 1.54) is 6.26 Å². The molecule has 4 unspecified atom stereocenters. The Balaban J connectivity index is 2.31. The second-order valence-electron chi connectivity index (χ2n) is 6.55. The van der Waals surface area contributed by atoms with Crippen molar-refractivity contribution in [2.75, 3.05) is 6.26 Å². The summed E-state index contributed by atoms with van der Waals surface area (Å²) < 4.78 is 23.3. The first-order valence-corrected chi connectivity index (χ1v) is 9.83. The van der Waals surface area contributed by atoms with Crippen LogP contribution in [-0.2, 0) is 14.6 Å². The highest BCUT2D eigenvalue weighted by atomic mass is 32.2. The van der Waals surface area contributed by atoms with Gasteiger partial charge >= 0.3 is 5.97 Å². The van der Waals surface area contributed by atoms with Gasteiger partial charge in [0.05, 0.1) is 11.2 Å². The van der Waals surface area contributed by atoms with Gasteiger partial charge in [0.1, 0.15) is 9.84 Å². The molecule has 0 saturated heterocycles. The number of carbonyl (C=O) groups is 1. The monoisotopic (exact) mass is 319 g/mol. The van der Waals surface area contributed by atoms with Crippen molar-refractivity contribution in [3.05, 3.63) is 0 Å². The molecule has 0 spiro atoms. The summed E-state index contributed by atoms with van der Waals surface area (Å²) in [7, 11) is -2.94. The predicted octanol–water partition coefficient (Wildman–Crippen LogP) is 2.21. The van der Waals surface area contributed by atoms with Crippen molar-refractivity contribution in [3.8, 4) is 0 Å². The SMILES string of the molecule is CC(CCCC(C)C(=O)O)NC1CCCC(S(C)(=O)=O)C1. The first kappa shape index (κ1) is 18.4. The number of hydrogen-bond acceptors (Lipinski definition) is 4. The van der Waals surface area contributed by atoms with Crippen LogP contribution < -0.4 is 5.32 Å². The molecular weight excluding hydrogens is 290 g/mol. The van der Waals surface area contributed by atoms with E-state index in [4.69, 9.17) is 5.11 Å².